The van der Waals surface area contributed by atoms with Crippen LogP contribution in [0.5, 0.6) is 5.75 Å². The van der Waals surface area contributed by atoms with Gasteiger partial charge in [-0.05, 0) is 29.8 Å². The summed E-state index contributed by atoms with van der Waals surface area (Å²) in [6.45, 7) is -0.0680. The normalized spacial score (nSPS) is 27.8. The maximum Gasteiger partial charge on any atom is 0.310 e. The van der Waals surface area contributed by atoms with E-state index in [4.69, 9.17) is 14.2 Å². The van der Waals surface area contributed by atoms with Crippen molar-refractivity contribution in [2.75, 3.05) is 26.9 Å². The molecule has 3 aliphatic heterocycles. The SMILES string of the molecule is COc1ccc(C(=O)NC2CCC(=O)N3CNCC(C(=O)NC4CC(=O)OC4OCc4ccccc4)C[N+]23[O-])cc1. The van der Waals surface area contributed by atoms with Crippen LogP contribution in [0.3, 0.4) is 0 Å². The highest BCUT2D eigenvalue weighted by atomic mass is 16.7. The monoisotopic (exact) mass is 567 g/mol. The first-order valence-corrected chi connectivity index (χ1v) is 13.5. The van der Waals surface area contributed by atoms with E-state index in [1.807, 2.05) is 30.3 Å². The van der Waals surface area contributed by atoms with E-state index in [-0.39, 0.29) is 51.5 Å². The van der Waals surface area contributed by atoms with E-state index in [1.54, 1.807) is 24.3 Å². The highest BCUT2D eigenvalue weighted by Gasteiger charge is 2.48. The van der Waals surface area contributed by atoms with E-state index < -0.39 is 47.0 Å². The molecule has 0 radical (unpaired) electrons. The number of nitrogens with zero attached hydrogens (tertiary/aromatic N) is 2. The summed E-state index contributed by atoms with van der Waals surface area (Å²) in [7, 11) is 1.52. The van der Waals surface area contributed by atoms with Gasteiger partial charge in [-0.2, -0.15) is 5.01 Å². The highest BCUT2D eigenvalue weighted by molar-refractivity contribution is 5.94. The first-order valence-electron chi connectivity index (χ1n) is 13.5. The van der Waals surface area contributed by atoms with Crippen LogP contribution in [-0.4, -0.2) is 78.8 Å². The number of quaternary nitrogens is 1. The van der Waals surface area contributed by atoms with E-state index >= 15 is 0 Å². The van der Waals surface area contributed by atoms with Crippen LogP contribution in [0.1, 0.15) is 35.2 Å². The number of fused-ring (bicyclic) bond motifs is 1. The van der Waals surface area contributed by atoms with Gasteiger partial charge in [-0.1, -0.05) is 30.3 Å². The van der Waals surface area contributed by atoms with Crippen molar-refractivity contribution in [2.45, 2.75) is 44.4 Å². The molecule has 0 aromatic heterocycles. The van der Waals surface area contributed by atoms with Crippen molar-refractivity contribution in [3.63, 3.8) is 0 Å². The number of carbonyl (C=O) groups excluding carboxylic acids is 4. The Morgan fingerprint density at radius 2 is 1.88 bits per heavy atom. The minimum atomic E-state index is -1.21. The van der Waals surface area contributed by atoms with E-state index in [1.165, 1.54) is 7.11 Å². The maximum absolute atomic E-state index is 14.3. The van der Waals surface area contributed by atoms with E-state index in [2.05, 4.69) is 16.0 Å². The van der Waals surface area contributed by atoms with Crippen LogP contribution in [0, 0.1) is 11.1 Å². The number of methoxy groups -OCH3 is 1. The lowest BCUT2D eigenvalue weighted by molar-refractivity contribution is -1.01. The summed E-state index contributed by atoms with van der Waals surface area (Å²) in [6, 6.07) is 15.0. The maximum atomic E-state index is 14.3. The molecular formula is C28H33N5O8. The van der Waals surface area contributed by atoms with Crippen LogP contribution in [0.15, 0.2) is 54.6 Å². The van der Waals surface area contributed by atoms with Gasteiger partial charge in [-0.25, -0.2) is 4.76 Å². The number of rotatable bonds is 8. The fourth-order valence-corrected chi connectivity index (χ4v) is 5.29. The van der Waals surface area contributed by atoms with Gasteiger partial charge in [0.1, 0.15) is 30.9 Å². The molecule has 13 heteroatoms. The molecule has 3 N–H and O–H groups in total. The molecular weight excluding hydrogens is 534 g/mol. The van der Waals surface area contributed by atoms with Gasteiger partial charge in [0.2, 0.25) is 12.2 Å². The third kappa shape index (κ3) is 6.33. The Morgan fingerprint density at radius 1 is 1.12 bits per heavy atom. The molecule has 0 spiro atoms. The van der Waals surface area contributed by atoms with Gasteiger partial charge in [0.15, 0.2) is 6.17 Å². The molecule has 3 heterocycles. The van der Waals surface area contributed by atoms with Gasteiger partial charge in [0.25, 0.3) is 11.8 Å². The molecule has 41 heavy (non-hydrogen) atoms. The molecule has 2 aromatic carbocycles. The Bertz CT molecular complexity index is 1280. The number of hydrogen-bond donors (Lipinski definition) is 3. The van der Waals surface area contributed by atoms with Crippen molar-refractivity contribution in [3.8, 4) is 5.75 Å². The molecule has 218 valence electrons. The molecule has 5 unspecified atom stereocenters. The van der Waals surface area contributed by atoms with Crippen LogP contribution in [-0.2, 0) is 30.5 Å². The Kier molecular flexibility index (Phi) is 8.49. The molecule has 3 amide bonds. The first-order chi connectivity index (χ1) is 19.8. The lowest BCUT2D eigenvalue weighted by atomic mass is 10.1. The average Bonchev–Trinajstić information content (AvgIpc) is 3.21. The smallest absolute Gasteiger partial charge is 0.310 e. The van der Waals surface area contributed by atoms with Crippen LogP contribution < -0.4 is 20.7 Å². The molecule has 3 saturated heterocycles. The summed E-state index contributed by atoms with van der Waals surface area (Å²) in [5.41, 5.74) is 1.21. The molecule has 5 rings (SSSR count). The summed E-state index contributed by atoms with van der Waals surface area (Å²) in [5.74, 6) is -2.12. The third-order valence-electron chi connectivity index (χ3n) is 7.52. The minimum Gasteiger partial charge on any atom is -0.604 e. The summed E-state index contributed by atoms with van der Waals surface area (Å²) in [5, 5.41) is 24.1. The standard InChI is InChI=1S/C28H33N5O8/c1-39-21-9-7-19(8-10-21)26(36)31-23-11-12-24(34)32-17-29-14-20(15-33(23,32)38)27(37)30-22-13-25(35)41-28(22)40-16-18-5-3-2-4-6-18/h2-10,20,22-23,28-29H,11-17H2,1H3,(H,30,37)(H,31,36). The molecule has 13 nitrogen and oxygen atoms in total. The number of hydrogen-bond acceptors (Lipinski definition) is 9. The number of cyclic esters (lactones) is 1. The minimum absolute atomic E-state index is 0.0745. The van der Waals surface area contributed by atoms with Crippen LogP contribution in [0.25, 0.3) is 0 Å². The lowest BCUT2D eigenvalue weighted by Gasteiger charge is -2.55. The summed E-state index contributed by atoms with van der Waals surface area (Å²) in [6.07, 6.45) is -1.85. The number of nitrogens with one attached hydrogen (secondary N) is 3. The van der Waals surface area contributed by atoms with Crippen LogP contribution in [0.2, 0.25) is 0 Å². The second kappa shape index (κ2) is 12.2. The zero-order chi connectivity index (χ0) is 29.0. The fourth-order valence-electron chi connectivity index (χ4n) is 5.29. The molecule has 0 saturated carbocycles. The number of ether oxygens (including phenoxy) is 3. The summed E-state index contributed by atoms with van der Waals surface area (Å²) >= 11 is 0. The van der Waals surface area contributed by atoms with E-state index in [9.17, 15) is 24.4 Å². The Balaban J connectivity index is 1.27. The van der Waals surface area contributed by atoms with Gasteiger partial charge >= 0.3 is 5.97 Å². The zero-order valence-corrected chi connectivity index (χ0v) is 22.6. The van der Waals surface area contributed by atoms with Crippen molar-refractivity contribution >= 4 is 23.7 Å². The fraction of sp³-hybridized carbons (Fsp3) is 0.429. The van der Waals surface area contributed by atoms with E-state index in [0.717, 1.165) is 10.6 Å². The summed E-state index contributed by atoms with van der Waals surface area (Å²) in [4.78, 5) is 51.2. The van der Waals surface area contributed by atoms with Crippen molar-refractivity contribution in [2.24, 2.45) is 5.92 Å². The van der Waals surface area contributed by atoms with Gasteiger partial charge in [0.05, 0.1) is 20.1 Å². The van der Waals surface area contributed by atoms with Crippen LogP contribution in [0.4, 0.5) is 0 Å². The van der Waals surface area contributed by atoms with Crippen molar-refractivity contribution in [1.82, 2.24) is 21.0 Å². The van der Waals surface area contributed by atoms with Crippen molar-refractivity contribution in [1.29, 1.82) is 0 Å². The average molecular weight is 568 g/mol. The Hall–Kier alpha value is -4.04. The van der Waals surface area contributed by atoms with Gasteiger partial charge in [-0.3, -0.25) is 24.5 Å². The lowest BCUT2D eigenvalue weighted by Crippen LogP contribution is -2.72. The molecule has 2 aromatic rings. The van der Waals surface area contributed by atoms with Crippen molar-refractivity contribution < 1.29 is 38.1 Å². The molecule has 5 atom stereocenters. The number of esters is 1. The molecule has 3 aliphatic rings. The Labute approximate surface area is 236 Å². The third-order valence-corrected chi connectivity index (χ3v) is 7.52. The number of benzene rings is 2. The van der Waals surface area contributed by atoms with Gasteiger partial charge < -0.3 is 30.1 Å². The predicted octanol–water partition coefficient (Wildman–Crippen LogP) is 0.755. The number of carbonyl (C=O) groups is 4. The topological polar surface area (TPSA) is 158 Å². The Morgan fingerprint density at radius 3 is 2.61 bits per heavy atom. The number of amides is 3. The van der Waals surface area contributed by atoms with E-state index in [0.29, 0.717) is 11.3 Å². The molecule has 0 aliphatic carbocycles. The quantitative estimate of drug-likeness (QED) is 0.238. The van der Waals surface area contributed by atoms with Crippen LogP contribution >= 0.6 is 0 Å². The largest absolute Gasteiger partial charge is 0.604 e. The van der Waals surface area contributed by atoms with Crippen molar-refractivity contribution in [3.05, 3.63) is 70.9 Å². The number of hydroxylamine groups is 2. The summed E-state index contributed by atoms with van der Waals surface area (Å²) < 4.78 is 15.0. The second-order valence-electron chi connectivity index (χ2n) is 10.3. The van der Waals surface area contributed by atoms with Gasteiger partial charge in [0, 0.05) is 24.9 Å². The second-order valence-corrected chi connectivity index (χ2v) is 10.3. The molecule has 0 bridgehead atoms. The first kappa shape index (κ1) is 28.5. The highest BCUT2D eigenvalue weighted by Crippen LogP contribution is 2.30. The predicted molar refractivity (Wildman–Crippen MR) is 143 cm³/mol. The molecule has 3 fully saturated rings. The zero-order valence-electron chi connectivity index (χ0n) is 22.6. The van der Waals surface area contributed by atoms with Gasteiger partial charge in [-0.15, -0.1) is 0 Å².